The van der Waals surface area contributed by atoms with Crippen molar-refractivity contribution in [2.75, 3.05) is 11.9 Å². The molecular formula is C15H14FN3. The van der Waals surface area contributed by atoms with Gasteiger partial charge in [0.25, 0.3) is 0 Å². The fraction of sp³-hybridized carbons (Fsp3) is 0.200. The summed E-state index contributed by atoms with van der Waals surface area (Å²) in [5, 5.41) is 8.95. The molecule has 0 aliphatic heterocycles. The van der Waals surface area contributed by atoms with Crippen LogP contribution in [0.25, 0.3) is 0 Å². The Morgan fingerprint density at radius 3 is 2.74 bits per heavy atom. The number of benzene rings is 1. The van der Waals surface area contributed by atoms with E-state index in [1.54, 1.807) is 30.3 Å². The van der Waals surface area contributed by atoms with Crippen molar-refractivity contribution in [1.82, 2.24) is 4.98 Å². The van der Waals surface area contributed by atoms with E-state index in [0.717, 1.165) is 5.69 Å². The van der Waals surface area contributed by atoms with E-state index in [1.165, 1.54) is 6.07 Å². The van der Waals surface area contributed by atoms with E-state index in [4.69, 9.17) is 5.26 Å². The van der Waals surface area contributed by atoms with Crippen LogP contribution in [-0.2, 0) is 6.54 Å². The van der Waals surface area contributed by atoms with Gasteiger partial charge in [0.2, 0.25) is 0 Å². The maximum absolute atomic E-state index is 13.6. The molecule has 19 heavy (non-hydrogen) atoms. The molecule has 2 aromatic rings. The molecule has 0 atom stereocenters. The Hall–Kier alpha value is -2.41. The molecular weight excluding hydrogens is 241 g/mol. The van der Waals surface area contributed by atoms with Gasteiger partial charge in [0.15, 0.2) is 0 Å². The predicted molar refractivity (Wildman–Crippen MR) is 72.2 cm³/mol. The summed E-state index contributed by atoms with van der Waals surface area (Å²) < 4.78 is 13.6. The fourth-order valence-electron chi connectivity index (χ4n) is 1.87. The number of aryl methyl sites for hydroxylation is 1. The van der Waals surface area contributed by atoms with Gasteiger partial charge in [-0.1, -0.05) is 18.2 Å². The van der Waals surface area contributed by atoms with Crippen LogP contribution in [0.2, 0.25) is 0 Å². The van der Waals surface area contributed by atoms with Crippen molar-refractivity contribution < 1.29 is 4.39 Å². The van der Waals surface area contributed by atoms with E-state index in [-0.39, 0.29) is 5.82 Å². The summed E-state index contributed by atoms with van der Waals surface area (Å²) in [6, 6.07) is 12.2. The van der Waals surface area contributed by atoms with Gasteiger partial charge in [-0.05, 0) is 25.1 Å². The normalized spacial score (nSPS) is 10.0. The number of aromatic nitrogens is 1. The Bertz CT molecular complexity index is 632. The Balaban J connectivity index is 2.26. The molecule has 0 saturated heterocycles. The van der Waals surface area contributed by atoms with Gasteiger partial charge in [-0.2, -0.15) is 5.26 Å². The minimum atomic E-state index is -0.234. The van der Waals surface area contributed by atoms with Crippen LogP contribution >= 0.6 is 0 Å². The van der Waals surface area contributed by atoms with Crippen molar-refractivity contribution in [3.05, 3.63) is 59.0 Å². The summed E-state index contributed by atoms with van der Waals surface area (Å²) in [5.74, 6) is 0.433. The zero-order valence-electron chi connectivity index (χ0n) is 10.9. The van der Waals surface area contributed by atoms with E-state index in [9.17, 15) is 4.39 Å². The van der Waals surface area contributed by atoms with E-state index >= 15 is 0 Å². The molecule has 0 bridgehead atoms. The lowest BCUT2D eigenvalue weighted by molar-refractivity contribution is 0.607. The molecule has 96 valence electrons. The lowest BCUT2D eigenvalue weighted by atomic mass is 10.2. The highest BCUT2D eigenvalue weighted by Crippen LogP contribution is 2.17. The highest BCUT2D eigenvalue weighted by Gasteiger charge is 2.08. The number of hydrogen-bond acceptors (Lipinski definition) is 3. The van der Waals surface area contributed by atoms with E-state index in [2.05, 4.69) is 11.1 Å². The molecule has 4 heteroatoms. The Labute approximate surface area is 111 Å². The van der Waals surface area contributed by atoms with Gasteiger partial charge in [-0.15, -0.1) is 0 Å². The van der Waals surface area contributed by atoms with Crippen LogP contribution in [0.4, 0.5) is 10.2 Å². The standard InChI is InChI=1S/C15H14FN3/c1-11-7-12(9-17)8-15(18-11)19(2)10-13-5-3-4-6-14(13)16/h3-8H,10H2,1-2H3. The first-order valence-electron chi connectivity index (χ1n) is 5.93. The van der Waals surface area contributed by atoms with Crippen LogP contribution in [0.3, 0.4) is 0 Å². The molecule has 1 aromatic carbocycles. The van der Waals surface area contributed by atoms with Gasteiger partial charge in [-0.3, -0.25) is 0 Å². The van der Waals surface area contributed by atoms with Crippen LogP contribution < -0.4 is 4.90 Å². The summed E-state index contributed by atoms with van der Waals surface area (Å²) in [5.41, 5.74) is 1.93. The Morgan fingerprint density at radius 2 is 2.05 bits per heavy atom. The van der Waals surface area contributed by atoms with Crippen LogP contribution in [-0.4, -0.2) is 12.0 Å². The van der Waals surface area contributed by atoms with Crippen molar-refractivity contribution >= 4 is 5.82 Å². The van der Waals surface area contributed by atoms with Crippen molar-refractivity contribution in [1.29, 1.82) is 5.26 Å². The zero-order chi connectivity index (χ0) is 13.8. The van der Waals surface area contributed by atoms with Crippen molar-refractivity contribution in [3.8, 4) is 6.07 Å². The van der Waals surface area contributed by atoms with Crippen LogP contribution in [0, 0.1) is 24.1 Å². The number of anilines is 1. The third-order valence-electron chi connectivity index (χ3n) is 2.83. The average molecular weight is 255 g/mol. The second-order valence-electron chi connectivity index (χ2n) is 4.41. The van der Waals surface area contributed by atoms with Crippen LogP contribution in [0.5, 0.6) is 0 Å². The van der Waals surface area contributed by atoms with Gasteiger partial charge < -0.3 is 4.90 Å². The highest BCUT2D eigenvalue weighted by atomic mass is 19.1. The van der Waals surface area contributed by atoms with Gasteiger partial charge in [0, 0.05) is 24.8 Å². The molecule has 0 amide bonds. The second kappa shape index (κ2) is 5.49. The number of halogens is 1. The first-order chi connectivity index (χ1) is 9.10. The molecule has 2 rings (SSSR count). The summed E-state index contributed by atoms with van der Waals surface area (Å²) >= 11 is 0. The number of hydrogen-bond donors (Lipinski definition) is 0. The largest absolute Gasteiger partial charge is 0.355 e. The molecule has 0 unspecified atom stereocenters. The first kappa shape index (κ1) is 13.0. The molecule has 0 spiro atoms. The van der Waals surface area contributed by atoms with Crippen LogP contribution in [0.15, 0.2) is 36.4 Å². The maximum atomic E-state index is 13.6. The van der Waals surface area contributed by atoms with E-state index < -0.39 is 0 Å². The summed E-state index contributed by atoms with van der Waals surface area (Å²) in [6.45, 7) is 2.25. The SMILES string of the molecule is Cc1cc(C#N)cc(N(C)Cc2ccccc2F)n1. The summed E-state index contributed by atoms with van der Waals surface area (Å²) in [7, 11) is 1.83. The van der Waals surface area contributed by atoms with Gasteiger partial charge in [-0.25, -0.2) is 9.37 Å². The minimum absolute atomic E-state index is 0.234. The van der Waals surface area contributed by atoms with Gasteiger partial charge in [0.05, 0.1) is 11.6 Å². The molecule has 0 aliphatic carbocycles. The summed E-state index contributed by atoms with van der Waals surface area (Å²) in [6.07, 6.45) is 0. The monoisotopic (exact) mass is 255 g/mol. The van der Waals surface area contributed by atoms with Gasteiger partial charge in [0.1, 0.15) is 11.6 Å². The molecule has 3 nitrogen and oxygen atoms in total. The second-order valence-corrected chi connectivity index (χ2v) is 4.41. The maximum Gasteiger partial charge on any atom is 0.130 e. The van der Waals surface area contributed by atoms with Crippen molar-refractivity contribution in [2.45, 2.75) is 13.5 Å². The smallest absolute Gasteiger partial charge is 0.130 e. The third kappa shape index (κ3) is 3.08. The fourth-order valence-corrected chi connectivity index (χ4v) is 1.87. The minimum Gasteiger partial charge on any atom is -0.355 e. The van der Waals surface area contributed by atoms with Crippen LogP contribution in [0.1, 0.15) is 16.8 Å². The van der Waals surface area contributed by atoms with E-state index in [1.807, 2.05) is 18.9 Å². The Kier molecular flexibility index (Phi) is 3.76. The number of nitrogens with zero attached hydrogens (tertiary/aromatic N) is 3. The lowest BCUT2D eigenvalue weighted by Gasteiger charge is -2.19. The number of rotatable bonds is 3. The number of pyridine rings is 1. The molecule has 0 N–H and O–H groups in total. The number of nitriles is 1. The average Bonchev–Trinajstić information content (AvgIpc) is 2.40. The lowest BCUT2D eigenvalue weighted by Crippen LogP contribution is -2.19. The molecule has 0 aliphatic rings. The highest BCUT2D eigenvalue weighted by molar-refractivity contribution is 5.46. The zero-order valence-corrected chi connectivity index (χ0v) is 10.9. The van der Waals surface area contributed by atoms with Crippen molar-refractivity contribution in [3.63, 3.8) is 0 Å². The van der Waals surface area contributed by atoms with E-state index in [0.29, 0.717) is 23.5 Å². The topological polar surface area (TPSA) is 39.9 Å². The third-order valence-corrected chi connectivity index (χ3v) is 2.83. The Morgan fingerprint density at radius 1 is 1.32 bits per heavy atom. The molecule has 0 saturated carbocycles. The van der Waals surface area contributed by atoms with Gasteiger partial charge >= 0.3 is 0 Å². The molecule has 1 heterocycles. The molecule has 1 aromatic heterocycles. The van der Waals surface area contributed by atoms with Crippen molar-refractivity contribution in [2.24, 2.45) is 0 Å². The predicted octanol–water partition coefficient (Wildman–Crippen LogP) is 3.04. The molecule has 0 fully saturated rings. The molecule has 0 radical (unpaired) electrons. The first-order valence-corrected chi connectivity index (χ1v) is 5.93. The summed E-state index contributed by atoms with van der Waals surface area (Å²) in [4.78, 5) is 6.19. The quantitative estimate of drug-likeness (QED) is 0.846.